The van der Waals surface area contributed by atoms with E-state index in [9.17, 15) is 9.90 Å². The summed E-state index contributed by atoms with van der Waals surface area (Å²) in [6.45, 7) is 0. The molecule has 0 aliphatic carbocycles. The highest BCUT2D eigenvalue weighted by Crippen LogP contribution is 2.26. The number of H-pyrrole nitrogens is 1. The number of benzene rings is 2. The first kappa shape index (κ1) is 11.3. The van der Waals surface area contributed by atoms with Crippen LogP contribution in [0.15, 0.2) is 48.5 Å². The van der Waals surface area contributed by atoms with Gasteiger partial charge >= 0.3 is 5.97 Å². The van der Waals surface area contributed by atoms with Crippen LogP contribution in [0.3, 0.4) is 0 Å². The van der Waals surface area contributed by atoms with Gasteiger partial charge in [-0.25, -0.2) is 4.79 Å². The standard InChI is InChI=1S/C15H11NO3/c17-12-3-1-2-9(6-12)10-4-5-11-8-14(15(18)19)16-13(11)7-10/h1-8,16-17H,(H,18,19). The summed E-state index contributed by atoms with van der Waals surface area (Å²) in [6.07, 6.45) is 0. The van der Waals surface area contributed by atoms with E-state index in [0.717, 1.165) is 22.0 Å². The minimum Gasteiger partial charge on any atom is -0.508 e. The van der Waals surface area contributed by atoms with Crippen LogP contribution in [0.5, 0.6) is 5.75 Å². The Balaban J connectivity index is 2.13. The van der Waals surface area contributed by atoms with Gasteiger partial charge in [-0.05, 0) is 35.4 Å². The van der Waals surface area contributed by atoms with Crippen molar-refractivity contribution in [3.05, 3.63) is 54.2 Å². The summed E-state index contributed by atoms with van der Waals surface area (Å²) in [5, 5.41) is 19.3. The minimum absolute atomic E-state index is 0.169. The molecule has 2 aromatic carbocycles. The molecule has 3 rings (SSSR count). The number of hydrogen-bond acceptors (Lipinski definition) is 2. The smallest absolute Gasteiger partial charge is 0.352 e. The lowest BCUT2D eigenvalue weighted by Gasteiger charge is -2.02. The van der Waals surface area contributed by atoms with E-state index in [1.807, 2.05) is 24.3 Å². The van der Waals surface area contributed by atoms with E-state index in [4.69, 9.17) is 5.11 Å². The van der Waals surface area contributed by atoms with E-state index in [1.165, 1.54) is 0 Å². The molecule has 4 nitrogen and oxygen atoms in total. The van der Waals surface area contributed by atoms with Crippen molar-refractivity contribution >= 4 is 16.9 Å². The van der Waals surface area contributed by atoms with Crippen LogP contribution in [0.2, 0.25) is 0 Å². The van der Waals surface area contributed by atoms with Crippen molar-refractivity contribution in [1.82, 2.24) is 4.98 Å². The molecule has 0 saturated heterocycles. The number of aromatic nitrogens is 1. The van der Waals surface area contributed by atoms with Crippen LogP contribution in [0.4, 0.5) is 0 Å². The molecule has 19 heavy (non-hydrogen) atoms. The summed E-state index contributed by atoms with van der Waals surface area (Å²) in [5.41, 5.74) is 2.73. The number of rotatable bonds is 2. The monoisotopic (exact) mass is 253 g/mol. The molecule has 0 aliphatic rings. The Bertz CT molecular complexity index is 774. The van der Waals surface area contributed by atoms with Gasteiger partial charge < -0.3 is 15.2 Å². The van der Waals surface area contributed by atoms with E-state index in [0.29, 0.717) is 0 Å². The number of nitrogens with one attached hydrogen (secondary N) is 1. The van der Waals surface area contributed by atoms with Crippen LogP contribution >= 0.6 is 0 Å². The lowest BCUT2D eigenvalue weighted by Crippen LogP contribution is -1.94. The number of fused-ring (bicyclic) bond motifs is 1. The Kier molecular flexibility index (Phi) is 2.49. The van der Waals surface area contributed by atoms with Crippen molar-refractivity contribution < 1.29 is 15.0 Å². The normalized spacial score (nSPS) is 10.7. The number of carboxylic acids is 1. The SMILES string of the molecule is O=C(O)c1cc2ccc(-c3cccc(O)c3)cc2[nH]1. The molecule has 4 heteroatoms. The summed E-state index contributed by atoms with van der Waals surface area (Å²) in [5.74, 6) is -0.773. The Labute approximate surface area is 108 Å². The summed E-state index contributed by atoms with van der Waals surface area (Å²) in [7, 11) is 0. The first-order chi connectivity index (χ1) is 9.13. The molecule has 0 aliphatic heterocycles. The van der Waals surface area contributed by atoms with Crippen LogP contribution in [-0.4, -0.2) is 21.2 Å². The Morgan fingerprint density at radius 3 is 2.53 bits per heavy atom. The number of aromatic hydroxyl groups is 1. The zero-order chi connectivity index (χ0) is 13.4. The predicted molar refractivity (Wildman–Crippen MR) is 72.4 cm³/mol. The minimum atomic E-state index is -0.977. The lowest BCUT2D eigenvalue weighted by atomic mass is 10.0. The molecule has 0 fully saturated rings. The largest absolute Gasteiger partial charge is 0.508 e. The number of aromatic carboxylic acids is 1. The molecule has 0 unspecified atom stereocenters. The van der Waals surface area contributed by atoms with Crippen LogP contribution in [-0.2, 0) is 0 Å². The highest BCUT2D eigenvalue weighted by atomic mass is 16.4. The van der Waals surface area contributed by atoms with Gasteiger partial charge in [-0.1, -0.05) is 24.3 Å². The number of carbonyl (C=O) groups is 1. The van der Waals surface area contributed by atoms with Crippen molar-refractivity contribution in [2.24, 2.45) is 0 Å². The maximum atomic E-state index is 10.9. The van der Waals surface area contributed by atoms with Crippen LogP contribution in [0.25, 0.3) is 22.0 Å². The Hall–Kier alpha value is -2.75. The fourth-order valence-electron chi connectivity index (χ4n) is 2.11. The molecule has 0 saturated carbocycles. The van der Waals surface area contributed by atoms with E-state index < -0.39 is 5.97 Å². The first-order valence-electron chi connectivity index (χ1n) is 5.79. The predicted octanol–water partition coefficient (Wildman–Crippen LogP) is 3.24. The molecule has 1 aromatic heterocycles. The molecular weight excluding hydrogens is 242 g/mol. The summed E-state index contributed by atoms with van der Waals surface area (Å²) >= 11 is 0. The van der Waals surface area contributed by atoms with E-state index in [1.54, 1.807) is 24.3 Å². The third-order valence-corrected chi connectivity index (χ3v) is 3.03. The lowest BCUT2D eigenvalue weighted by molar-refractivity contribution is 0.0691. The Morgan fingerprint density at radius 2 is 1.79 bits per heavy atom. The summed E-state index contributed by atoms with van der Waals surface area (Å²) < 4.78 is 0. The van der Waals surface area contributed by atoms with Crippen molar-refractivity contribution in [3.8, 4) is 16.9 Å². The number of hydrogen-bond donors (Lipinski definition) is 3. The van der Waals surface area contributed by atoms with Crippen LogP contribution in [0.1, 0.15) is 10.5 Å². The van der Waals surface area contributed by atoms with Gasteiger partial charge in [-0.2, -0.15) is 0 Å². The van der Waals surface area contributed by atoms with E-state index >= 15 is 0 Å². The van der Waals surface area contributed by atoms with Gasteiger partial charge in [0, 0.05) is 10.9 Å². The average Bonchev–Trinajstić information content (AvgIpc) is 2.81. The van der Waals surface area contributed by atoms with Crippen molar-refractivity contribution in [2.75, 3.05) is 0 Å². The quantitative estimate of drug-likeness (QED) is 0.656. The second kappa shape index (κ2) is 4.17. The molecular formula is C15H11NO3. The van der Waals surface area contributed by atoms with Crippen molar-refractivity contribution in [2.45, 2.75) is 0 Å². The maximum absolute atomic E-state index is 10.9. The third-order valence-electron chi connectivity index (χ3n) is 3.03. The fraction of sp³-hybridized carbons (Fsp3) is 0. The average molecular weight is 253 g/mol. The number of phenols is 1. The van der Waals surface area contributed by atoms with Crippen molar-refractivity contribution in [3.63, 3.8) is 0 Å². The van der Waals surface area contributed by atoms with Crippen LogP contribution in [0, 0.1) is 0 Å². The third kappa shape index (κ3) is 2.04. The van der Waals surface area contributed by atoms with Crippen molar-refractivity contribution in [1.29, 1.82) is 0 Å². The van der Waals surface area contributed by atoms with Gasteiger partial charge in [-0.3, -0.25) is 0 Å². The maximum Gasteiger partial charge on any atom is 0.352 e. The van der Waals surface area contributed by atoms with Crippen LogP contribution < -0.4 is 0 Å². The van der Waals surface area contributed by atoms with Gasteiger partial charge in [0.05, 0.1) is 0 Å². The van der Waals surface area contributed by atoms with E-state index in [-0.39, 0.29) is 11.4 Å². The molecule has 3 aromatic rings. The van der Waals surface area contributed by atoms with Gasteiger partial charge in [0.25, 0.3) is 0 Å². The zero-order valence-electron chi connectivity index (χ0n) is 9.92. The number of phenolic OH excluding ortho intramolecular Hbond substituents is 1. The van der Waals surface area contributed by atoms with Gasteiger partial charge in [0.15, 0.2) is 0 Å². The Morgan fingerprint density at radius 1 is 1.00 bits per heavy atom. The zero-order valence-corrected chi connectivity index (χ0v) is 9.92. The van der Waals surface area contributed by atoms with Gasteiger partial charge in [-0.15, -0.1) is 0 Å². The number of carboxylic acid groups (broad SMARTS) is 1. The highest BCUT2D eigenvalue weighted by molar-refractivity contribution is 5.95. The molecule has 0 bridgehead atoms. The van der Waals surface area contributed by atoms with E-state index in [2.05, 4.69) is 4.98 Å². The molecule has 0 amide bonds. The molecule has 94 valence electrons. The first-order valence-corrected chi connectivity index (χ1v) is 5.79. The number of aromatic amines is 1. The van der Waals surface area contributed by atoms with Gasteiger partial charge in [0.1, 0.15) is 11.4 Å². The topological polar surface area (TPSA) is 73.3 Å². The molecule has 0 radical (unpaired) electrons. The fourth-order valence-corrected chi connectivity index (χ4v) is 2.11. The highest BCUT2D eigenvalue weighted by Gasteiger charge is 2.08. The van der Waals surface area contributed by atoms with Gasteiger partial charge in [0.2, 0.25) is 0 Å². The molecule has 1 heterocycles. The second-order valence-electron chi connectivity index (χ2n) is 4.34. The molecule has 3 N–H and O–H groups in total. The summed E-state index contributed by atoms with van der Waals surface area (Å²) in [6, 6.07) is 14.2. The molecule has 0 spiro atoms. The molecule has 0 atom stereocenters. The summed E-state index contributed by atoms with van der Waals surface area (Å²) in [4.78, 5) is 13.8. The second-order valence-corrected chi connectivity index (χ2v) is 4.34.